The largest absolute Gasteiger partial charge is 0.494 e. The van der Waals surface area contributed by atoms with Gasteiger partial charge in [0.05, 0.1) is 25.5 Å². The molecule has 1 atom stereocenters. The second-order valence-corrected chi connectivity index (χ2v) is 4.79. The van der Waals surface area contributed by atoms with Gasteiger partial charge in [0.2, 0.25) is 0 Å². The second kappa shape index (κ2) is 7.64. The maximum atomic E-state index is 6.33. The van der Waals surface area contributed by atoms with Gasteiger partial charge in [-0.25, -0.2) is 0 Å². The lowest BCUT2D eigenvalue weighted by molar-refractivity contribution is 0.315. The Morgan fingerprint density at radius 2 is 1.86 bits per heavy atom. The zero-order valence-corrected chi connectivity index (χ0v) is 12.6. The first-order valence-corrected chi connectivity index (χ1v) is 7.30. The van der Waals surface area contributed by atoms with Gasteiger partial charge in [0.15, 0.2) is 0 Å². The van der Waals surface area contributed by atoms with Crippen LogP contribution >= 0.6 is 0 Å². The average Bonchev–Trinajstić information content (AvgIpc) is 2.53. The molecular weight excluding hydrogens is 264 g/mol. The van der Waals surface area contributed by atoms with Crippen molar-refractivity contribution in [1.29, 1.82) is 0 Å². The van der Waals surface area contributed by atoms with Crippen molar-refractivity contribution >= 4 is 0 Å². The molecule has 1 aromatic heterocycles. The van der Waals surface area contributed by atoms with Crippen molar-refractivity contribution < 1.29 is 9.47 Å². The maximum absolute atomic E-state index is 6.33. The van der Waals surface area contributed by atoms with Crippen LogP contribution in [0.5, 0.6) is 11.5 Å². The number of hydrogen-bond acceptors (Lipinski definition) is 4. The molecule has 0 fully saturated rings. The molecule has 21 heavy (non-hydrogen) atoms. The van der Waals surface area contributed by atoms with Crippen LogP contribution in [0.3, 0.4) is 0 Å². The standard InChI is InChI=1S/C17H22N2O2/c1-3-8-21-16-10-14(11-19-12-16)17(18)13-6-5-7-15(9-13)20-4-2/h5-7,9-12,17H,3-4,8,18H2,1-2H3. The van der Waals surface area contributed by atoms with E-state index in [4.69, 9.17) is 15.2 Å². The number of ether oxygens (including phenoxy) is 2. The SMILES string of the molecule is CCCOc1cncc(C(N)c2cccc(OCC)c2)c1. The van der Waals surface area contributed by atoms with Crippen molar-refractivity contribution in [3.63, 3.8) is 0 Å². The van der Waals surface area contributed by atoms with Gasteiger partial charge in [-0.05, 0) is 42.7 Å². The van der Waals surface area contributed by atoms with Crippen LogP contribution in [0.15, 0.2) is 42.7 Å². The molecule has 2 N–H and O–H groups in total. The number of nitrogens with two attached hydrogens (primary N) is 1. The highest BCUT2D eigenvalue weighted by atomic mass is 16.5. The zero-order valence-electron chi connectivity index (χ0n) is 12.6. The summed E-state index contributed by atoms with van der Waals surface area (Å²) in [6.07, 6.45) is 4.45. The van der Waals surface area contributed by atoms with Crippen LogP contribution in [0.2, 0.25) is 0 Å². The van der Waals surface area contributed by atoms with E-state index in [0.717, 1.165) is 29.0 Å². The predicted octanol–water partition coefficient (Wildman–Crippen LogP) is 3.32. The first-order valence-electron chi connectivity index (χ1n) is 7.30. The molecule has 2 aromatic rings. The van der Waals surface area contributed by atoms with E-state index in [9.17, 15) is 0 Å². The van der Waals surface area contributed by atoms with Crippen LogP contribution in [-0.2, 0) is 0 Å². The summed E-state index contributed by atoms with van der Waals surface area (Å²) in [5, 5.41) is 0. The summed E-state index contributed by atoms with van der Waals surface area (Å²) in [7, 11) is 0. The van der Waals surface area contributed by atoms with Crippen LogP contribution in [0.1, 0.15) is 37.4 Å². The monoisotopic (exact) mass is 286 g/mol. The van der Waals surface area contributed by atoms with Crippen molar-refractivity contribution in [1.82, 2.24) is 4.98 Å². The summed E-state index contributed by atoms with van der Waals surface area (Å²) in [6.45, 7) is 5.36. The van der Waals surface area contributed by atoms with Crippen LogP contribution in [-0.4, -0.2) is 18.2 Å². The van der Waals surface area contributed by atoms with Gasteiger partial charge in [0, 0.05) is 6.20 Å². The van der Waals surface area contributed by atoms with Crippen molar-refractivity contribution in [2.45, 2.75) is 26.3 Å². The van der Waals surface area contributed by atoms with Crippen LogP contribution < -0.4 is 15.2 Å². The summed E-state index contributed by atoms with van der Waals surface area (Å²) >= 11 is 0. The minimum atomic E-state index is -0.247. The van der Waals surface area contributed by atoms with Gasteiger partial charge in [-0.1, -0.05) is 19.1 Å². The molecule has 0 radical (unpaired) electrons. The number of hydrogen-bond donors (Lipinski definition) is 1. The first-order chi connectivity index (χ1) is 10.2. The number of nitrogens with zero attached hydrogens (tertiary/aromatic N) is 1. The Kier molecular flexibility index (Phi) is 5.58. The minimum Gasteiger partial charge on any atom is -0.494 e. The second-order valence-electron chi connectivity index (χ2n) is 4.79. The van der Waals surface area contributed by atoms with Crippen molar-refractivity contribution in [3.8, 4) is 11.5 Å². The molecule has 0 aliphatic rings. The van der Waals surface area contributed by atoms with Gasteiger partial charge in [0.1, 0.15) is 11.5 Å². The number of rotatable bonds is 7. The Bertz CT molecular complexity index is 572. The zero-order chi connectivity index (χ0) is 15.1. The number of aromatic nitrogens is 1. The van der Waals surface area contributed by atoms with Gasteiger partial charge >= 0.3 is 0 Å². The van der Waals surface area contributed by atoms with Gasteiger partial charge in [-0.15, -0.1) is 0 Å². The van der Waals surface area contributed by atoms with Crippen LogP contribution in [0.4, 0.5) is 0 Å². The summed E-state index contributed by atoms with van der Waals surface area (Å²) in [4.78, 5) is 4.21. The van der Waals surface area contributed by atoms with Crippen LogP contribution in [0.25, 0.3) is 0 Å². The molecule has 0 saturated carbocycles. The molecule has 1 aromatic carbocycles. The molecule has 0 aliphatic carbocycles. The topological polar surface area (TPSA) is 57.4 Å². The Balaban J connectivity index is 2.18. The van der Waals surface area contributed by atoms with Crippen LogP contribution in [0, 0.1) is 0 Å². The fourth-order valence-electron chi connectivity index (χ4n) is 2.06. The van der Waals surface area contributed by atoms with E-state index in [-0.39, 0.29) is 6.04 Å². The van der Waals surface area contributed by atoms with E-state index in [1.807, 2.05) is 37.3 Å². The van der Waals surface area contributed by atoms with Gasteiger partial charge < -0.3 is 15.2 Å². The van der Waals surface area contributed by atoms with E-state index in [0.29, 0.717) is 13.2 Å². The Morgan fingerprint density at radius 1 is 1.05 bits per heavy atom. The molecule has 0 amide bonds. The lowest BCUT2D eigenvalue weighted by Gasteiger charge is -2.15. The molecule has 1 heterocycles. The quantitative estimate of drug-likeness (QED) is 0.848. The van der Waals surface area contributed by atoms with E-state index in [2.05, 4.69) is 11.9 Å². The summed E-state index contributed by atoms with van der Waals surface area (Å²) in [5.41, 5.74) is 8.25. The number of benzene rings is 1. The molecule has 0 spiro atoms. The van der Waals surface area contributed by atoms with E-state index < -0.39 is 0 Å². The molecule has 112 valence electrons. The minimum absolute atomic E-state index is 0.247. The molecule has 0 bridgehead atoms. The Morgan fingerprint density at radius 3 is 2.62 bits per heavy atom. The average molecular weight is 286 g/mol. The normalized spacial score (nSPS) is 12.0. The smallest absolute Gasteiger partial charge is 0.137 e. The lowest BCUT2D eigenvalue weighted by Crippen LogP contribution is -2.12. The highest BCUT2D eigenvalue weighted by Gasteiger charge is 2.11. The molecule has 2 rings (SSSR count). The van der Waals surface area contributed by atoms with Gasteiger partial charge in [-0.2, -0.15) is 0 Å². The fraction of sp³-hybridized carbons (Fsp3) is 0.353. The highest BCUT2D eigenvalue weighted by Crippen LogP contribution is 2.25. The molecule has 0 aliphatic heterocycles. The van der Waals surface area contributed by atoms with E-state index in [1.54, 1.807) is 12.4 Å². The van der Waals surface area contributed by atoms with E-state index >= 15 is 0 Å². The van der Waals surface area contributed by atoms with Crippen molar-refractivity contribution in [2.75, 3.05) is 13.2 Å². The Labute approximate surface area is 125 Å². The third-order valence-corrected chi connectivity index (χ3v) is 3.09. The lowest BCUT2D eigenvalue weighted by atomic mass is 10.0. The fourth-order valence-corrected chi connectivity index (χ4v) is 2.06. The van der Waals surface area contributed by atoms with Gasteiger partial charge in [-0.3, -0.25) is 4.98 Å². The molecule has 1 unspecified atom stereocenters. The van der Waals surface area contributed by atoms with Gasteiger partial charge in [0.25, 0.3) is 0 Å². The Hall–Kier alpha value is -2.07. The predicted molar refractivity (Wildman–Crippen MR) is 83.7 cm³/mol. The molecule has 4 nitrogen and oxygen atoms in total. The summed E-state index contributed by atoms with van der Waals surface area (Å²) in [6, 6.07) is 9.54. The molecule has 4 heteroatoms. The third kappa shape index (κ3) is 4.20. The first kappa shape index (κ1) is 15.3. The third-order valence-electron chi connectivity index (χ3n) is 3.09. The summed E-state index contributed by atoms with van der Waals surface area (Å²) < 4.78 is 11.1. The van der Waals surface area contributed by atoms with Crippen molar-refractivity contribution in [2.24, 2.45) is 5.73 Å². The molecular formula is C17H22N2O2. The highest BCUT2D eigenvalue weighted by molar-refractivity contribution is 5.37. The van der Waals surface area contributed by atoms with Crippen molar-refractivity contribution in [3.05, 3.63) is 53.9 Å². The van der Waals surface area contributed by atoms with E-state index in [1.165, 1.54) is 0 Å². The molecule has 0 saturated heterocycles. The number of pyridine rings is 1. The summed E-state index contributed by atoms with van der Waals surface area (Å²) in [5.74, 6) is 1.59. The maximum Gasteiger partial charge on any atom is 0.137 e.